The van der Waals surface area contributed by atoms with Gasteiger partial charge in [-0.2, -0.15) is 0 Å². The molecule has 0 bridgehead atoms. The van der Waals surface area contributed by atoms with Gasteiger partial charge in [-0.1, -0.05) is 23.5 Å². The van der Waals surface area contributed by atoms with Crippen LogP contribution in [0.25, 0.3) is 6.08 Å². The van der Waals surface area contributed by atoms with Crippen LogP contribution in [-0.4, -0.2) is 23.2 Å². The standard InChI is InChI=1S/C24H24N2O5S/c1-5-29-23(28)20-15(4)25-24-26(22(27)19(32-24)13-18-7-6-12-30-18)21(20)16-8-10-17(11-9-16)31-14(2)3/h6-14,21H,5H2,1-4H3/t21-/m1/s1. The van der Waals surface area contributed by atoms with Gasteiger partial charge in [0.25, 0.3) is 5.56 Å². The topological polar surface area (TPSA) is 83.0 Å². The van der Waals surface area contributed by atoms with Gasteiger partial charge in [-0.15, -0.1) is 0 Å². The van der Waals surface area contributed by atoms with E-state index in [0.717, 1.165) is 5.56 Å². The quantitative estimate of drug-likeness (QED) is 0.537. The highest BCUT2D eigenvalue weighted by Crippen LogP contribution is 2.31. The number of fused-ring (bicyclic) bond motifs is 1. The van der Waals surface area contributed by atoms with Crippen molar-refractivity contribution in [1.29, 1.82) is 0 Å². The molecule has 0 spiro atoms. The van der Waals surface area contributed by atoms with Crippen molar-refractivity contribution in [3.63, 3.8) is 0 Å². The third-order valence-corrected chi connectivity index (χ3v) is 5.88. The van der Waals surface area contributed by atoms with Crippen LogP contribution in [0.15, 0.2) is 68.1 Å². The second kappa shape index (κ2) is 9.00. The molecule has 1 aromatic carbocycles. The van der Waals surface area contributed by atoms with Crippen LogP contribution >= 0.6 is 11.3 Å². The van der Waals surface area contributed by atoms with Gasteiger partial charge in [-0.05, 0) is 57.5 Å². The predicted octanol–water partition coefficient (Wildman–Crippen LogP) is 3.18. The maximum absolute atomic E-state index is 13.4. The Morgan fingerprint density at radius 1 is 1.28 bits per heavy atom. The van der Waals surface area contributed by atoms with E-state index < -0.39 is 12.0 Å². The first-order valence-electron chi connectivity index (χ1n) is 10.4. The minimum absolute atomic E-state index is 0.0392. The molecule has 3 heterocycles. The maximum atomic E-state index is 13.4. The number of furan rings is 1. The average molecular weight is 453 g/mol. The number of allylic oxidation sites excluding steroid dienone is 1. The van der Waals surface area contributed by atoms with Crippen LogP contribution < -0.4 is 19.6 Å². The highest BCUT2D eigenvalue weighted by Gasteiger charge is 2.33. The summed E-state index contributed by atoms with van der Waals surface area (Å²) in [5.74, 6) is 0.803. The Labute approximate surface area is 188 Å². The van der Waals surface area contributed by atoms with Gasteiger partial charge < -0.3 is 13.9 Å². The van der Waals surface area contributed by atoms with Crippen molar-refractivity contribution in [2.24, 2.45) is 4.99 Å². The van der Waals surface area contributed by atoms with Crippen LogP contribution in [0.4, 0.5) is 0 Å². The van der Waals surface area contributed by atoms with Crippen LogP contribution in [0.5, 0.6) is 5.75 Å². The third kappa shape index (κ3) is 4.18. The molecule has 1 aliphatic rings. The van der Waals surface area contributed by atoms with Crippen molar-refractivity contribution in [1.82, 2.24) is 4.57 Å². The molecule has 2 aromatic heterocycles. The van der Waals surface area contributed by atoms with Crippen molar-refractivity contribution >= 4 is 23.4 Å². The smallest absolute Gasteiger partial charge is 0.338 e. The summed E-state index contributed by atoms with van der Waals surface area (Å²) < 4.78 is 18.4. The van der Waals surface area contributed by atoms with Gasteiger partial charge in [0.15, 0.2) is 4.80 Å². The van der Waals surface area contributed by atoms with E-state index in [2.05, 4.69) is 4.99 Å². The second-order valence-corrected chi connectivity index (χ2v) is 8.56. The summed E-state index contributed by atoms with van der Waals surface area (Å²) in [6.45, 7) is 7.65. The third-order valence-electron chi connectivity index (χ3n) is 4.90. The molecule has 32 heavy (non-hydrogen) atoms. The first kappa shape index (κ1) is 21.8. The fourth-order valence-electron chi connectivity index (χ4n) is 3.61. The Hall–Kier alpha value is -3.39. The highest BCUT2D eigenvalue weighted by atomic mass is 32.1. The van der Waals surface area contributed by atoms with Crippen LogP contribution in [0, 0.1) is 0 Å². The van der Waals surface area contributed by atoms with E-state index in [1.54, 1.807) is 42.9 Å². The minimum Gasteiger partial charge on any atom is -0.491 e. The molecule has 0 saturated heterocycles. The molecule has 1 atom stereocenters. The Morgan fingerprint density at radius 3 is 2.66 bits per heavy atom. The van der Waals surface area contributed by atoms with E-state index in [1.807, 2.05) is 38.1 Å². The molecule has 166 valence electrons. The lowest BCUT2D eigenvalue weighted by molar-refractivity contribution is -0.139. The van der Waals surface area contributed by atoms with E-state index in [0.29, 0.717) is 32.1 Å². The largest absolute Gasteiger partial charge is 0.491 e. The molecular formula is C24H24N2O5S. The molecular weight excluding hydrogens is 428 g/mol. The van der Waals surface area contributed by atoms with Crippen molar-refractivity contribution in [2.45, 2.75) is 39.8 Å². The maximum Gasteiger partial charge on any atom is 0.338 e. The minimum atomic E-state index is -0.655. The van der Waals surface area contributed by atoms with E-state index in [-0.39, 0.29) is 18.3 Å². The molecule has 4 rings (SSSR count). The van der Waals surface area contributed by atoms with E-state index in [1.165, 1.54) is 11.3 Å². The molecule has 0 amide bonds. The Kier molecular flexibility index (Phi) is 6.14. The summed E-state index contributed by atoms with van der Waals surface area (Å²) in [6, 6.07) is 10.3. The number of carbonyl (C=O) groups excluding carboxylic acids is 1. The predicted molar refractivity (Wildman–Crippen MR) is 121 cm³/mol. The Balaban J connectivity index is 1.89. The summed E-state index contributed by atoms with van der Waals surface area (Å²) in [4.78, 5) is 31.4. The Bertz CT molecular complexity index is 1330. The fraction of sp³-hybridized carbons (Fsp3) is 0.292. The number of rotatable bonds is 6. The number of benzene rings is 1. The van der Waals surface area contributed by atoms with Crippen molar-refractivity contribution < 1.29 is 18.7 Å². The zero-order chi connectivity index (χ0) is 22.8. The summed E-state index contributed by atoms with van der Waals surface area (Å²) in [5, 5.41) is 0. The fourth-order valence-corrected chi connectivity index (χ4v) is 4.64. The van der Waals surface area contributed by atoms with Gasteiger partial charge in [-0.3, -0.25) is 9.36 Å². The second-order valence-electron chi connectivity index (χ2n) is 7.55. The summed E-state index contributed by atoms with van der Waals surface area (Å²) in [6.07, 6.45) is 3.27. The zero-order valence-corrected chi connectivity index (χ0v) is 19.1. The van der Waals surface area contributed by atoms with Gasteiger partial charge in [0, 0.05) is 6.08 Å². The molecule has 0 saturated carbocycles. The lowest BCUT2D eigenvalue weighted by Gasteiger charge is -2.25. The van der Waals surface area contributed by atoms with Crippen LogP contribution in [-0.2, 0) is 9.53 Å². The molecule has 0 radical (unpaired) electrons. The van der Waals surface area contributed by atoms with Crippen LogP contribution in [0.3, 0.4) is 0 Å². The molecule has 0 aliphatic carbocycles. The number of esters is 1. The first-order chi connectivity index (χ1) is 15.4. The van der Waals surface area contributed by atoms with Crippen LogP contribution in [0.2, 0.25) is 0 Å². The van der Waals surface area contributed by atoms with Gasteiger partial charge >= 0.3 is 5.97 Å². The molecule has 8 heteroatoms. The zero-order valence-electron chi connectivity index (χ0n) is 18.3. The van der Waals surface area contributed by atoms with Crippen molar-refractivity contribution in [2.75, 3.05) is 6.61 Å². The normalized spacial score (nSPS) is 16.2. The van der Waals surface area contributed by atoms with Gasteiger partial charge in [0.1, 0.15) is 11.5 Å². The van der Waals surface area contributed by atoms with Crippen molar-refractivity contribution in [3.05, 3.63) is 84.9 Å². The molecule has 0 fully saturated rings. The van der Waals surface area contributed by atoms with E-state index in [9.17, 15) is 9.59 Å². The summed E-state index contributed by atoms with van der Waals surface area (Å²) in [5.41, 5.74) is 1.40. The molecule has 0 unspecified atom stereocenters. The van der Waals surface area contributed by atoms with Crippen molar-refractivity contribution in [3.8, 4) is 5.75 Å². The number of hydrogen-bond acceptors (Lipinski definition) is 7. The average Bonchev–Trinajstić information content (AvgIpc) is 3.36. The molecule has 7 nitrogen and oxygen atoms in total. The summed E-state index contributed by atoms with van der Waals surface area (Å²) in [7, 11) is 0. The molecule has 1 aliphatic heterocycles. The SMILES string of the molecule is CCOC(=O)C1=C(C)N=c2sc(=Cc3ccco3)c(=O)n2[C@@H]1c1ccc(OC(C)C)cc1. The van der Waals surface area contributed by atoms with Gasteiger partial charge in [0.2, 0.25) is 0 Å². The summed E-state index contributed by atoms with van der Waals surface area (Å²) >= 11 is 1.26. The highest BCUT2D eigenvalue weighted by molar-refractivity contribution is 7.07. The van der Waals surface area contributed by atoms with E-state index >= 15 is 0 Å². The lowest BCUT2D eigenvalue weighted by atomic mass is 9.96. The number of thiazole rings is 1. The van der Waals surface area contributed by atoms with E-state index in [4.69, 9.17) is 13.9 Å². The lowest BCUT2D eigenvalue weighted by Crippen LogP contribution is -2.39. The van der Waals surface area contributed by atoms with Crippen LogP contribution in [0.1, 0.15) is 45.1 Å². The number of ether oxygens (including phenoxy) is 2. The number of nitrogens with zero attached hydrogens (tertiary/aromatic N) is 2. The number of carbonyl (C=O) groups is 1. The molecule has 0 N–H and O–H groups in total. The Morgan fingerprint density at radius 2 is 2.03 bits per heavy atom. The first-order valence-corrected chi connectivity index (χ1v) is 11.2. The monoisotopic (exact) mass is 452 g/mol. The van der Waals surface area contributed by atoms with Gasteiger partial charge in [-0.25, -0.2) is 9.79 Å². The van der Waals surface area contributed by atoms with Gasteiger partial charge in [0.05, 0.1) is 40.8 Å². The number of hydrogen-bond donors (Lipinski definition) is 0. The molecule has 3 aromatic rings. The number of aromatic nitrogens is 1.